The SMILES string of the molecule is Cc1cccc(-n2c3ccccc3c3cc(-c4ccc(-c5ccc(-c6c7ccccc7c(-c7ccc(-c8ccccc8)cc7)c7ccccc67)cc5)cc4)ccc32)c1.Cc1cccc(-n2c3ccccc3c3cc(-c4ccc(-c5ccc(-c6c7ccccc7c(-c7ccccc7)c7ccccc67)cc5)cc4)ccc32)c1. The average Bonchev–Trinajstić information content (AvgIpc) is 1.10. The van der Waals surface area contributed by atoms with Gasteiger partial charge >= 0.3 is 0 Å². The predicted molar refractivity (Wildman–Crippen MR) is 470 cm³/mol. The van der Waals surface area contributed by atoms with Gasteiger partial charge in [0.15, 0.2) is 0 Å². The zero-order valence-electron chi connectivity index (χ0n) is 61.2. The summed E-state index contributed by atoms with van der Waals surface area (Å²) in [5.41, 5.74) is 32.0. The molecule has 0 spiro atoms. The highest BCUT2D eigenvalue weighted by molar-refractivity contribution is 6.23. The number of aryl methyl sites for hydroxylation is 2. The van der Waals surface area contributed by atoms with Crippen LogP contribution in [0.3, 0.4) is 0 Å². The van der Waals surface area contributed by atoms with E-state index in [-0.39, 0.29) is 0 Å². The van der Waals surface area contributed by atoms with Crippen LogP contribution in [0.5, 0.6) is 0 Å². The van der Waals surface area contributed by atoms with Crippen molar-refractivity contribution in [2.24, 2.45) is 0 Å². The first-order valence-electron chi connectivity index (χ1n) is 38.1. The van der Waals surface area contributed by atoms with E-state index in [2.05, 4.69) is 435 Å². The normalized spacial score (nSPS) is 11.5. The van der Waals surface area contributed by atoms with Crippen LogP contribution in [0.25, 0.3) is 198 Å². The van der Waals surface area contributed by atoms with Gasteiger partial charge < -0.3 is 9.13 Å². The van der Waals surface area contributed by atoms with E-state index in [4.69, 9.17) is 0 Å². The lowest BCUT2D eigenvalue weighted by Crippen LogP contribution is -1.94. The maximum absolute atomic E-state index is 2.39. The van der Waals surface area contributed by atoms with Gasteiger partial charge in [0, 0.05) is 32.9 Å². The van der Waals surface area contributed by atoms with Crippen LogP contribution >= 0.6 is 0 Å². The van der Waals surface area contributed by atoms with Gasteiger partial charge in [0.2, 0.25) is 0 Å². The summed E-state index contributed by atoms with van der Waals surface area (Å²) in [5, 5.41) is 15.2. The lowest BCUT2D eigenvalue weighted by atomic mass is 9.85. The molecule has 0 aliphatic carbocycles. The Kier molecular flexibility index (Phi) is 16.4. The van der Waals surface area contributed by atoms with Gasteiger partial charge in [-0.2, -0.15) is 0 Å². The molecule has 0 amide bonds. The molecule has 0 saturated heterocycles. The molecule has 0 saturated carbocycles. The van der Waals surface area contributed by atoms with Gasteiger partial charge in [-0.15, -0.1) is 0 Å². The Bertz CT molecular complexity index is 6970. The van der Waals surface area contributed by atoms with Gasteiger partial charge in [0.05, 0.1) is 22.1 Å². The summed E-state index contributed by atoms with van der Waals surface area (Å²) in [4.78, 5) is 0. The van der Waals surface area contributed by atoms with E-state index in [1.165, 1.54) is 209 Å². The van der Waals surface area contributed by atoms with Crippen LogP contribution in [-0.2, 0) is 0 Å². The quantitative estimate of drug-likeness (QED) is 0.114. The maximum Gasteiger partial charge on any atom is 0.0541 e. The minimum atomic E-state index is 1.19. The summed E-state index contributed by atoms with van der Waals surface area (Å²) in [6.45, 7) is 4.31. The zero-order chi connectivity index (χ0) is 73.2. The summed E-state index contributed by atoms with van der Waals surface area (Å²) in [7, 11) is 0. The molecule has 21 rings (SSSR count). The van der Waals surface area contributed by atoms with Crippen LogP contribution in [0.2, 0.25) is 0 Å². The van der Waals surface area contributed by atoms with Crippen molar-refractivity contribution in [3.8, 4) is 112 Å². The van der Waals surface area contributed by atoms with Crippen molar-refractivity contribution in [2.75, 3.05) is 0 Å². The van der Waals surface area contributed by atoms with Crippen molar-refractivity contribution in [1.29, 1.82) is 0 Å². The third-order valence-corrected chi connectivity index (χ3v) is 22.5. The van der Waals surface area contributed by atoms with Gasteiger partial charge in [0.25, 0.3) is 0 Å². The Morgan fingerprint density at radius 2 is 0.345 bits per heavy atom. The fraction of sp³-hybridized carbons (Fsp3) is 0.0185. The van der Waals surface area contributed by atoms with E-state index in [0.717, 1.165) is 0 Å². The maximum atomic E-state index is 2.39. The van der Waals surface area contributed by atoms with Crippen molar-refractivity contribution in [3.63, 3.8) is 0 Å². The second-order valence-corrected chi connectivity index (χ2v) is 29.1. The van der Waals surface area contributed by atoms with Crippen LogP contribution in [-0.4, -0.2) is 9.13 Å². The average molecular weight is 1400 g/mol. The van der Waals surface area contributed by atoms with E-state index < -0.39 is 0 Å². The van der Waals surface area contributed by atoms with Crippen molar-refractivity contribution >= 4 is 86.7 Å². The van der Waals surface area contributed by atoms with E-state index in [1.54, 1.807) is 0 Å². The lowest BCUT2D eigenvalue weighted by molar-refractivity contribution is 1.17. The molecule has 0 atom stereocenters. The number of nitrogens with zero attached hydrogens (tertiary/aromatic N) is 2. The summed E-state index contributed by atoms with van der Waals surface area (Å²) < 4.78 is 4.77. The third kappa shape index (κ3) is 11.6. The van der Waals surface area contributed by atoms with E-state index in [0.29, 0.717) is 0 Å². The molecule has 2 heteroatoms. The predicted octanol–water partition coefficient (Wildman–Crippen LogP) is 29.8. The molecule has 0 aliphatic rings. The Balaban J connectivity index is 0.000000145. The standard InChI is InChI=1S/C57H39N.C51H35N/c1-38-12-11-15-47(36-38)58-54-21-10-9-16-48(54)53-37-46(34-35-55(53)58)43-24-22-41(23-25-43)42-28-32-45(33-29-42)57-51-19-7-5-17-49(51)56(50-18-6-8-20-52(50)57)44-30-26-40(27-31-44)39-13-3-2-4-14-39;1-34-12-11-15-41(32-34)52-48-21-10-9-16-42(48)47-33-40(30-31-49(47)52)37-24-22-35(23-25-37)36-26-28-39(29-27-36)51-45-19-7-5-17-43(45)50(38-13-3-2-4-14-38)44-18-6-8-20-46(44)51/h2-37H,1H3;2-33H,1H3. The lowest BCUT2D eigenvalue weighted by Gasteiger charge is -2.18. The van der Waals surface area contributed by atoms with E-state index in [9.17, 15) is 0 Å². The molecular weight excluding hydrogens is 1330 g/mol. The van der Waals surface area contributed by atoms with Crippen LogP contribution in [0.1, 0.15) is 11.1 Å². The number of benzene rings is 19. The molecule has 0 fully saturated rings. The fourth-order valence-electron chi connectivity index (χ4n) is 17.3. The fourth-order valence-corrected chi connectivity index (χ4v) is 17.3. The molecule has 2 nitrogen and oxygen atoms in total. The van der Waals surface area contributed by atoms with Crippen molar-refractivity contribution in [3.05, 3.63) is 424 Å². The zero-order valence-corrected chi connectivity index (χ0v) is 61.2. The number of hydrogen-bond donors (Lipinski definition) is 0. The smallest absolute Gasteiger partial charge is 0.0541 e. The summed E-state index contributed by atoms with van der Waals surface area (Å²) >= 11 is 0. The van der Waals surface area contributed by atoms with Crippen molar-refractivity contribution < 1.29 is 0 Å². The molecule has 110 heavy (non-hydrogen) atoms. The monoisotopic (exact) mass is 1400 g/mol. The second kappa shape index (κ2) is 27.6. The Morgan fingerprint density at radius 3 is 0.636 bits per heavy atom. The summed E-state index contributed by atoms with van der Waals surface area (Å²) in [6, 6.07) is 151. The summed E-state index contributed by atoms with van der Waals surface area (Å²) in [5.74, 6) is 0. The summed E-state index contributed by atoms with van der Waals surface area (Å²) in [6.07, 6.45) is 0. The first kappa shape index (κ1) is 65.3. The molecule has 19 aromatic carbocycles. The largest absolute Gasteiger partial charge is 0.309 e. The van der Waals surface area contributed by atoms with Gasteiger partial charge in [0.1, 0.15) is 0 Å². The molecule has 2 heterocycles. The van der Waals surface area contributed by atoms with Gasteiger partial charge in [-0.3, -0.25) is 0 Å². The van der Waals surface area contributed by atoms with E-state index >= 15 is 0 Å². The van der Waals surface area contributed by atoms with Crippen molar-refractivity contribution in [1.82, 2.24) is 9.13 Å². The Hall–Kier alpha value is -14.2. The van der Waals surface area contributed by atoms with Crippen LogP contribution in [0, 0.1) is 13.8 Å². The van der Waals surface area contributed by atoms with Crippen LogP contribution in [0.4, 0.5) is 0 Å². The van der Waals surface area contributed by atoms with Crippen LogP contribution < -0.4 is 0 Å². The molecule has 2 aromatic heterocycles. The number of para-hydroxylation sites is 2. The van der Waals surface area contributed by atoms with Gasteiger partial charge in [-0.25, -0.2) is 0 Å². The highest BCUT2D eigenvalue weighted by Crippen LogP contribution is 2.47. The second-order valence-electron chi connectivity index (χ2n) is 29.1. The highest BCUT2D eigenvalue weighted by atomic mass is 15.0. The molecule has 516 valence electrons. The molecule has 0 bridgehead atoms. The van der Waals surface area contributed by atoms with Crippen LogP contribution in [0.15, 0.2) is 413 Å². The molecule has 0 radical (unpaired) electrons. The minimum absolute atomic E-state index is 1.19. The minimum Gasteiger partial charge on any atom is -0.309 e. The first-order chi connectivity index (χ1) is 54.4. The third-order valence-electron chi connectivity index (χ3n) is 22.5. The highest BCUT2D eigenvalue weighted by Gasteiger charge is 2.21. The van der Waals surface area contributed by atoms with Gasteiger partial charge in [-0.1, -0.05) is 352 Å². The number of rotatable bonds is 11. The molecule has 0 aliphatic heterocycles. The number of aromatic nitrogens is 2. The van der Waals surface area contributed by atoms with Gasteiger partial charge in [-0.05, 0) is 229 Å². The Labute approximate surface area is 640 Å². The molecular formula is C108H74N2. The number of fused-ring (bicyclic) bond motifs is 10. The number of hydrogen-bond acceptors (Lipinski definition) is 0. The van der Waals surface area contributed by atoms with Crippen molar-refractivity contribution in [2.45, 2.75) is 13.8 Å². The topological polar surface area (TPSA) is 9.86 Å². The Morgan fingerprint density at radius 1 is 0.136 bits per heavy atom. The molecule has 21 aromatic rings. The molecule has 0 unspecified atom stereocenters. The first-order valence-corrected chi connectivity index (χ1v) is 38.1. The van der Waals surface area contributed by atoms with E-state index in [1.807, 2.05) is 0 Å². The molecule has 0 N–H and O–H groups in total.